The topological polar surface area (TPSA) is 75.8 Å². The quantitative estimate of drug-likeness (QED) is 0.753. The van der Waals surface area contributed by atoms with E-state index in [1.807, 2.05) is 30.3 Å². The number of carbonyl (C=O) groups excluding carboxylic acids is 2. The number of nitrogens with two attached hydrogens (primary N) is 1. The minimum absolute atomic E-state index is 0.0568. The van der Waals surface area contributed by atoms with Crippen molar-refractivity contribution in [2.24, 2.45) is 16.6 Å². The van der Waals surface area contributed by atoms with Crippen molar-refractivity contribution in [3.63, 3.8) is 0 Å². The summed E-state index contributed by atoms with van der Waals surface area (Å²) in [6, 6.07) is 17.4. The molecule has 2 aromatic rings. The van der Waals surface area contributed by atoms with Gasteiger partial charge in [-0.05, 0) is 48.9 Å². The first-order valence-electron chi connectivity index (χ1n) is 9.87. The standard InChI is InChI=1S/C23H24ClN3O2/c1-23(11-10-20(28)19-13-18(19)16-7-3-2-4-8-16)21(29)27(22(25)26-23)14-15-6-5-9-17(24)12-15/h2-9,12,18-19H,10-11,13-14H2,1H3,(H2,25,26)/t18-,19+,23?/m0/s1. The van der Waals surface area contributed by atoms with Gasteiger partial charge in [-0.15, -0.1) is 0 Å². The van der Waals surface area contributed by atoms with Crippen LogP contribution < -0.4 is 5.73 Å². The van der Waals surface area contributed by atoms with Gasteiger partial charge in [-0.2, -0.15) is 0 Å². The maximum Gasteiger partial charge on any atom is 0.257 e. The third-order valence-electron chi connectivity index (χ3n) is 5.86. The lowest BCUT2D eigenvalue weighted by atomic mass is 9.93. The summed E-state index contributed by atoms with van der Waals surface area (Å²) in [5.41, 5.74) is 7.15. The molecule has 2 aromatic carbocycles. The van der Waals surface area contributed by atoms with E-state index in [0.717, 1.165) is 12.0 Å². The molecule has 1 fully saturated rings. The van der Waals surface area contributed by atoms with Crippen molar-refractivity contribution in [2.45, 2.75) is 44.2 Å². The van der Waals surface area contributed by atoms with Gasteiger partial charge in [0.05, 0.1) is 6.54 Å². The van der Waals surface area contributed by atoms with Gasteiger partial charge in [0.2, 0.25) is 0 Å². The van der Waals surface area contributed by atoms with Gasteiger partial charge >= 0.3 is 0 Å². The highest BCUT2D eigenvalue weighted by molar-refractivity contribution is 6.30. The number of ketones is 1. The molecule has 0 spiro atoms. The predicted molar refractivity (Wildman–Crippen MR) is 114 cm³/mol. The van der Waals surface area contributed by atoms with Crippen LogP contribution in [0.3, 0.4) is 0 Å². The minimum atomic E-state index is -0.991. The van der Waals surface area contributed by atoms with Crippen molar-refractivity contribution >= 4 is 29.3 Å². The van der Waals surface area contributed by atoms with Gasteiger partial charge in [0.1, 0.15) is 11.3 Å². The van der Waals surface area contributed by atoms with Gasteiger partial charge in [0, 0.05) is 17.4 Å². The Kier molecular flexibility index (Phi) is 5.17. The minimum Gasteiger partial charge on any atom is -0.369 e. The lowest BCUT2D eigenvalue weighted by molar-refractivity contribution is -0.131. The molecule has 150 valence electrons. The summed E-state index contributed by atoms with van der Waals surface area (Å²) < 4.78 is 0. The van der Waals surface area contributed by atoms with E-state index in [9.17, 15) is 9.59 Å². The number of hydrogen-bond acceptors (Lipinski definition) is 4. The zero-order valence-corrected chi connectivity index (χ0v) is 17.1. The number of benzene rings is 2. The molecule has 1 aliphatic heterocycles. The largest absolute Gasteiger partial charge is 0.369 e. The SMILES string of the molecule is CC1(CCC(=O)[C@@H]2C[C@H]2c2ccccc2)N=C(N)N(Cc2cccc(Cl)c2)C1=O. The van der Waals surface area contributed by atoms with Crippen molar-refractivity contribution in [3.8, 4) is 0 Å². The summed E-state index contributed by atoms with van der Waals surface area (Å²) in [5, 5.41) is 0.607. The van der Waals surface area contributed by atoms with E-state index in [1.165, 1.54) is 10.5 Å². The van der Waals surface area contributed by atoms with E-state index in [2.05, 4.69) is 17.1 Å². The van der Waals surface area contributed by atoms with E-state index in [4.69, 9.17) is 17.3 Å². The number of guanidine groups is 1. The fourth-order valence-electron chi connectivity index (χ4n) is 4.06. The lowest BCUT2D eigenvalue weighted by Crippen LogP contribution is -2.42. The molecule has 1 heterocycles. The van der Waals surface area contributed by atoms with E-state index in [0.29, 0.717) is 30.3 Å². The number of hydrogen-bond donors (Lipinski definition) is 1. The molecule has 4 rings (SSSR count). The highest BCUT2D eigenvalue weighted by atomic mass is 35.5. The molecule has 0 bridgehead atoms. The van der Waals surface area contributed by atoms with Crippen LogP contribution in [0.2, 0.25) is 5.02 Å². The van der Waals surface area contributed by atoms with E-state index < -0.39 is 5.54 Å². The van der Waals surface area contributed by atoms with Crippen LogP contribution in [0.4, 0.5) is 0 Å². The number of amides is 1. The second kappa shape index (κ2) is 7.64. The summed E-state index contributed by atoms with van der Waals surface area (Å²) in [5.74, 6) is 0.594. The highest BCUT2D eigenvalue weighted by Crippen LogP contribution is 2.48. The van der Waals surface area contributed by atoms with Crippen molar-refractivity contribution in [1.82, 2.24) is 4.90 Å². The molecule has 6 heteroatoms. The van der Waals surface area contributed by atoms with Gasteiger partial charge in [-0.25, -0.2) is 4.99 Å². The van der Waals surface area contributed by atoms with Crippen LogP contribution in [0, 0.1) is 5.92 Å². The van der Waals surface area contributed by atoms with Crippen LogP contribution in [0.1, 0.15) is 43.2 Å². The molecule has 5 nitrogen and oxygen atoms in total. The first-order chi connectivity index (χ1) is 13.9. The number of rotatable bonds is 7. The lowest BCUT2D eigenvalue weighted by Gasteiger charge is -2.22. The Morgan fingerprint density at radius 3 is 2.72 bits per heavy atom. The third kappa shape index (κ3) is 4.06. The van der Waals surface area contributed by atoms with Crippen LogP contribution in [0.15, 0.2) is 59.6 Å². The maximum absolute atomic E-state index is 13.0. The van der Waals surface area contributed by atoms with Crippen LogP contribution in [0.5, 0.6) is 0 Å². The fourth-order valence-corrected chi connectivity index (χ4v) is 4.27. The Morgan fingerprint density at radius 1 is 1.24 bits per heavy atom. The Labute approximate surface area is 175 Å². The van der Waals surface area contributed by atoms with Crippen LogP contribution in [0.25, 0.3) is 0 Å². The molecule has 29 heavy (non-hydrogen) atoms. The van der Waals surface area contributed by atoms with Gasteiger partial charge in [-0.3, -0.25) is 14.5 Å². The van der Waals surface area contributed by atoms with Gasteiger partial charge in [0.25, 0.3) is 5.91 Å². The molecular formula is C23H24ClN3O2. The van der Waals surface area contributed by atoms with Crippen molar-refractivity contribution < 1.29 is 9.59 Å². The number of aliphatic imine (C=N–C) groups is 1. The zero-order chi connectivity index (χ0) is 20.6. The Morgan fingerprint density at radius 2 is 2.00 bits per heavy atom. The van der Waals surface area contributed by atoms with E-state index >= 15 is 0 Å². The van der Waals surface area contributed by atoms with Crippen LogP contribution in [-0.4, -0.2) is 28.1 Å². The van der Waals surface area contributed by atoms with Crippen LogP contribution >= 0.6 is 11.6 Å². The molecule has 1 saturated carbocycles. The highest BCUT2D eigenvalue weighted by Gasteiger charge is 2.47. The number of nitrogens with zero attached hydrogens (tertiary/aromatic N) is 2. The van der Waals surface area contributed by atoms with Crippen molar-refractivity contribution in [3.05, 3.63) is 70.7 Å². The maximum atomic E-state index is 13.0. The average molecular weight is 410 g/mol. The van der Waals surface area contributed by atoms with Crippen molar-refractivity contribution in [2.75, 3.05) is 0 Å². The summed E-state index contributed by atoms with van der Waals surface area (Å²) in [7, 11) is 0. The Bertz CT molecular complexity index is 975. The molecule has 1 amide bonds. The molecule has 1 aliphatic carbocycles. The predicted octanol–water partition coefficient (Wildman–Crippen LogP) is 3.91. The number of Topliss-reactive ketones (excluding diaryl/α,β-unsaturated/α-hetero) is 1. The molecule has 0 saturated heterocycles. The second-order valence-electron chi connectivity index (χ2n) is 8.09. The van der Waals surface area contributed by atoms with E-state index in [-0.39, 0.29) is 23.6 Å². The molecular weight excluding hydrogens is 386 g/mol. The molecule has 3 atom stereocenters. The van der Waals surface area contributed by atoms with Gasteiger partial charge in [-0.1, -0.05) is 54.1 Å². The average Bonchev–Trinajstić information content (AvgIpc) is 3.48. The Balaban J connectivity index is 1.36. The molecule has 2 aliphatic rings. The summed E-state index contributed by atoms with van der Waals surface area (Å²) in [6.07, 6.45) is 1.59. The van der Waals surface area contributed by atoms with Gasteiger partial charge in [0.15, 0.2) is 5.96 Å². The van der Waals surface area contributed by atoms with Crippen molar-refractivity contribution in [1.29, 1.82) is 0 Å². The fraction of sp³-hybridized carbons (Fsp3) is 0.348. The third-order valence-corrected chi connectivity index (χ3v) is 6.10. The normalized spacial score (nSPS) is 25.8. The summed E-state index contributed by atoms with van der Waals surface area (Å²) in [4.78, 5) is 31.6. The summed E-state index contributed by atoms with van der Waals surface area (Å²) >= 11 is 6.03. The second-order valence-corrected chi connectivity index (χ2v) is 8.53. The van der Waals surface area contributed by atoms with E-state index in [1.54, 1.807) is 19.1 Å². The molecule has 1 unspecified atom stereocenters. The van der Waals surface area contributed by atoms with Crippen LogP contribution in [-0.2, 0) is 16.1 Å². The molecule has 2 N–H and O–H groups in total. The first kappa shape index (κ1) is 19.6. The first-order valence-corrected chi connectivity index (χ1v) is 10.2. The number of carbonyl (C=O) groups is 2. The zero-order valence-electron chi connectivity index (χ0n) is 16.3. The smallest absolute Gasteiger partial charge is 0.257 e. The summed E-state index contributed by atoms with van der Waals surface area (Å²) in [6.45, 7) is 2.08. The molecule has 0 radical (unpaired) electrons. The monoisotopic (exact) mass is 409 g/mol. The molecule has 0 aromatic heterocycles. The number of halogens is 1. The van der Waals surface area contributed by atoms with Gasteiger partial charge < -0.3 is 5.73 Å². The Hall–Kier alpha value is -2.66.